The molecular weight excluding hydrogens is 442 g/mol. The Labute approximate surface area is 197 Å². The topological polar surface area (TPSA) is 101 Å². The maximum Gasteiger partial charge on any atom is 0.251 e. The summed E-state index contributed by atoms with van der Waals surface area (Å²) in [6.07, 6.45) is 0. The van der Waals surface area contributed by atoms with E-state index in [0.717, 1.165) is 32.7 Å². The number of hydrogen-bond acceptors (Lipinski definition) is 6. The fraction of sp³-hybridized carbons (Fsp3) is 0.292. The van der Waals surface area contributed by atoms with E-state index in [1.807, 2.05) is 6.07 Å². The molecule has 0 unspecified atom stereocenters. The first-order valence-electron chi connectivity index (χ1n) is 10.8. The summed E-state index contributed by atoms with van der Waals surface area (Å²) in [6, 6.07) is 12.2. The number of aromatic amines is 1. The molecule has 5 rings (SSSR count). The molecule has 0 bridgehead atoms. The van der Waals surface area contributed by atoms with Crippen LogP contribution in [0.2, 0.25) is 0 Å². The Kier molecular flexibility index (Phi) is 6.51. The Hall–Kier alpha value is -3.20. The van der Waals surface area contributed by atoms with Gasteiger partial charge in [-0.1, -0.05) is 12.1 Å². The molecule has 8 nitrogen and oxygen atoms in total. The highest BCUT2D eigenvalue weighted by molar-refractivity contribution is 6.56. The number of H-pyrrole nitrogens is 1. The monoisotopic (exact) mass is 467 g/mol. The van der Waals surface area contributed by atoms with Crippen molar-refractivity contribution in [3.8, 4) is 5.88 Å². The standard InChI is InChI=1S/C24H25N5O3.ClH/c1-28-10-12-29(13-11-28)9-8-25-23(31)15-6-7-19-17(14-15)20(24(32)27-19)21-22(30)16-4-2-3-5-18(16)26-21;/h2-7,14,27,32H,8-13H2,1H3,(H,25,31);1H. The zero-order chi connectivity index (χ0) is 22.2. The van der Waals surface area contributed by atoms with Gasteiger partial charge in [0.05, 0.1) is 11.3 Å². The molecule has 1 amide bonds. The molecule has 9 heteroatoms. The molecule has 0 atom stereocenters. The number of para-hydroxylation sites is 1. The number of ketones is 1. The highest BCUT2D eigenvalue weighted by Gasteiger charge is 2.30. The smallest absolute Gasteiger partial charge is 0.251 e. The molecule has 0 spiro atoms. The van der Waals surface area contributed by atoms with Crippen LogP contribution in [-0.4, -0.2) is 83.6 Å². The molecule has 172 valence electrons. The van der Waals surface area contributed by atoms with Gasteiger partial charge in [0.1, 0.15) is 5.71 Å². The number of aromatic hydroxyl groups is 1. The number of halogens is 1. The van der Waals surface area contributed by atoms with Gasteiger partial charge in [-0.05, 0) is 37.4 Å². The van der Waals surface area contributed by atoms with E-state index in [2.05, 4.69) is 32.1 Å². The number of fused-ring (bicyclic) bond motifs is 2. The highest BCUT2D eigenvalue weighted by atomic mass is 35.5. The first kappa shape index (κ1) is 23.0. The number of carbonyl (C=O) groups is 2. The van der Waals surface area contributed by atoms with E-state index in [9.17, 15) is 14.7 Å². The number of hydrogen-bond donors (Lipinski definition) is 3. The summed E-state index contributed by atoms with van der Waals surface area (Å²) < 4.78 is 0. The molecule has 3 N–H and O–H groups in total. The molecular formula is C24H26ClN5O3. The molecule has 33 heavy (non-hydrogen) atoms. The zero-order valence-corrected chi connectivity index (χ0v) is 19.1. The molecule has 0 radical (unpaired) electrons. The molecule has 0 aliphatic carbocycles. The molecule has 2 aromatic carbocycles. The van der Waals surface area contributed by atoms with Crippen LogP contribution in [0.4, 0.5) is 5.69 Å². The summed E-state index contributed by atoms with van der Waals surface area (Å²) >= 11 is 0. The van der Waals surface area contributed by atoms with Crippen molar-refractivity contribution in [3.05, 3.63) is 59.2 Å². The van der Waals surface area contributed by atoms with Crippen LogP contribution in [0.25, 0.3) is 10.9 Å². The second-order valence-electron chi connectivity index (χ2n) is 8.32. The van der Waals surface area contributed by atoms with Crippen molar-refractivity contribution in [2.45, 2.75) is 0 Å². The number of carbonyl (C=O) groups excluding carboxylic acids is 2. The summed E-state index contributed by atoms with van der Waals surface area (Å²) in [5, 5.41) is 14.1. The van der Waals surface area contributed by atoms with E-state index in [0.29, 0.717) is 39.8 Å². The number of Topliss-reactive ketones (excluding diaryl/α,β-unsaturated/α-hetero) is 1. The van der Waals surface area contributed by atoms with Gasteiger partial charge in [-0.25, -0.2) is 4.99 Å². The zero-order valence-electron chi connectivity index (χ0n) is 18.3. The maximum atomic E-state index is 12.9. The third-order valence-electron chi connectivity index (χ3n) is 6.18. The van der Waals surface area contributed by atoms with Crippen molar-refractivity contribution in [3.63, 3.8) is 0 Å². The molecule has 1 fully saturated rings. The van der Waals surface area contributed by atoms with Gasteiger partial charge in [-0.2, -0.15) is 0 Å². The van der Waals surface area contributed by atoms with E-state index < -0.39 is 0 Å². The van der Waals surface area contributed by atoms with E-state index >= 15 is 0 Å². The SMILES string of the molecule is CN1CCN(CCNC(=O)c2ccc3[nH]c(O)c(C4=Nc5ccccc5C4=O)c3c2)CC1.Cl. The third-order valence-corrected chi connectivity index (χ3v) is 6.18. The van der Waals surface area contributed by atoms with Crippen molar-refractivity contribution in [2.75, 3.05) is 46.3 Å². The lowest BCUT2D eigenvalue weighted by molar-refractivity contribution is 0.0940. The Morgan fingerprint density at radius 1 is 1.15 bits per heavy atom. The van der Waals surface area contributed by atoms with Crippen LogP contribution in [-0.2, 0) is 0 Å². The molecule has 0 saturated carbocycles. The Balaban J connectivity index is 0.00000259. The lowest BCUT2D eigenvalue weighted by atomic mass is 10.0. The fourth-order valence-corrected chi connectivity index (χ4v) is 4.29. The summed E-state index contributed by atoms with van der Waals surface area (Å²) in [5.41, 5.74) is 2.71. The summed E-state index contributed by atoms with van der Waals surface area (Å²) in [7, 11) is 2.12. The molecule has 2 aliphatic heterocycles. The quantitative estimate of drug-likeness (QED) is 0.535. The van der Waals surface area contributed by atoms with Gasteiger partial charge in [-0.15, -0.1) is 12.4 Å². The molecule has 3 aromatic rings. The Morgan fingerprint density at radius 2 is 1.91 bits per heavy atom. The molecule has 2 aliphatic rings. The van der Waals surface area contributed by atoms with Crippen LogP contribution >= 0.6 is 12.4 Å². The summed E-state index contributed by atoms with van der Waals surface area (Å²) in [5.74, 6) is -0.554. The van der Waals surface area contributed by atoms with E-state index in [1.165, 1.54) is 0 Å². The van der Waals surface area contributed by atoms with Crippen LogP contribution in [0.3, 0.4) is 0 Å². The van der Waals surface area contributed by atoms with Crippen LogP contribution < -0.4 is 5.32 Å². The average molecular weight is 468 g/mol. The first-order valence-corrected chi connectivity index (χ1v) is 10.8. The number of aliphatic imine (C=N–C) groups is 1. The van der Waals surface area contributed by atoms with Crippen molar-refractivity contribution in [2.24, 2.45) is 4.99 Å². The average Bonchev–Trinajstić information content (AvgIpc) is 3.30. The minimum atomic E-state index is -0.237. The Morgan fingerprint density at radius 3 is 2.67 bits per heavy atom. The van der Waals surface area contributed by atoms with Crippen molar-refractivity contribution >= 4 is 46.4 Å². The molecule has 3 heterocycles. The summed E-state index contributed by atoms with van der Waals surface area (Å²) in [4.78, 5) is 37.6. The minimum absolute atomic E-state index is 0. The summed E-state index contributed by atoms with van der Waals surface area (Å²) in [6.45, 7) is 5.45. The molecule has 1 saturated heterocycles. The number of likely N-dealkylation sites (N-methyl/N-ethyl adjacent to an activating group) is 1. The third kappa shape index (κ3) is 4.37. The number of piperazine rings is 1. The first-order chi connectivity index (χ1) is 15.5. The van der Waals surface area contributed by atoms with Gasteiger partial charge < -0.3 is 20.3 Å². The van der Waals surface area contributed by atoms with Gasteiger partial charge in [0, 0.05) is 61.3 Å². The van der Waals surface area contributed by atoms with Crippen LogP contribution in [0.15, 0.2) is 47.5 Å². The van der Waals surface area contributed by atoms with Crippen LogP contribution in [0.5, 0.6) is 5.88 Å². The second-order valence-corrected chi connectivity index (χ2v) is 8.32. The van der Waals surface area contributed by atoms with Gasteiger partial charge in [0.15, 0.2) is 5.88 Å². The predicted molar refractivity (Wildman–Crippen MR) is 130 cm³/mol. The predicted octanol–water partition coefficient (Wildman–Crippen LogP) is 2.59. The number of benzene rings is 2. The van der Waals surface area contributed by atoms with Crippen LogP contribution in [0, 0.1) is 0 Å². The van der Waals surface area contributed by atoms with E-state index in [1.54, 1.807) is 36.4 Å². The van der Waals surface area contributed by atoms with E-state index in [4.69, 9.17) is 0 Å². The van der Waals surface area contributed by atoms with Gasteiger partial charge in [-0.3, -0.25) is 14.5 Å². The lowest BCUT2D eigenvalue weighted by Gasteiger charge is -2.32. The lowest BCUT2D eigenvalue weighted by Crippen LogP contribution is -2.46. The van der Waals surface area contributed by atoms with Crippen molar-refractivity contribution < 1.29 is 14.7 Å². The van der Waals surface area contributed by atoms with Crippen molar-refractivity contribution in [1.82, 2.24) is 20.1 Å². The molecule has 1 aromatic heterocycles. The minimum Gasteiger partial charge on any atom is -0.494 e. The maximum absolute atomic E-state index is 12.9. The number of aromatic nitrogens is 1. The second kappa shape index (κ2) is 9.35. The largest absolute Gasteiger partial charge is 0.494 e. The van der Waals surface area contributed by atoms with Crippen LogP contribution in [0.1, 0.15) is 26.3 Å². The highest BCUT2D eigenvalue weighted by Crippen LogP contribution is 2.35. The van der Waals surface area contributed by atoms with Gasteiger partial charge >= 0.3 is 0 Å². The fourth-order valence-electron chi connectivity index (χ4n) is 4.29. The number of nitrogens with zero attached hydrogens (tertiary/aromatic N) is 3. The number of amides is 1. The van der Waals surface area contributed by atoms with Crippen molar-refractivity contribution in [1.29, 1.82) is 0 Å². The van der Waals surface area contributed by atoms with E-state index in [-0.39, 0.29) is 35.7 Å². The number of nitrogens with one attached hydrogen (secondary N) is 2. The van der Waals surface area contributed by atoms with Gasteiger partial charge in [0.25, 0.3) is 5.91 Å². The van der Waals surface area contributed by atoms with Gasteiger partial charge in [0.2, 0.25) is 5.78 Å². The normalized spacial score (nSPS) is 16.4. The number of rotatable bonds is 5. The Bertz CT molecular complexity index is 1240.